The summed E-state index contributed by atoms with van der Waals surface area (Å²) in [6, 6.07) is 1.90. The molecule has 1 aromatic heterocycles. The summed E-state index contributed by atoms with van der Waals surface area (Å²) in [7, 11) is -3.34. The maximum absolute atomic E-state index is 12.6. The molecule has 0 aliphatic carbocycles. The first-order valence-corrected chi connectivity index (χ1v) is 9.14. The summed E-state index contributed by atoms with van der Waals surface area (Å²) in [5, 5.41) is 0. The van der Waals surface area contributed by atoms with Gasteiger partial charge in [-0.1, -0.05) is 0 Å². The van der Waals surface area contributed by atoms with Crippen LogP contribution in [0.25, 0.3) is 0 Å². The predicted octanol–water partition coefficient (Wildman–Crippen LogP) is 1.52. The molecule has 0 saturated carbocycles. The van der Waals surface area contributed by atoms with E-state index in [0.717, 1.165) is 18.4 Å². The summed E-state index contributed by atoms with van der Waals surface area (Å²) in [5.74, 6) is -0.441. The Bertz CT molecular complexity index is 735. The van der Waals surface area contributed by atoms with E-state index in [0.29, 0.717) is 19.5 Å². The first kappa shape index (κ1) is 18.7. The van der Waals surface area contributed by atoms with Crippen LogP contribution in [0.4, 0.5) is 13.2 Å². The van der Waals surface area contributed by atoms with E-state index >= 15 is 0 Å². The molecule has 0 atom stereocenters. The number of hydrogen-bond donors (Lipinski definition) is 0. The van der Waals surface area contributed by atoms with Gasteiger partial charge in [0.2, 0.25) is 10.0 Å². The third-order valence-electron chi connectivity index (χ3n) is 3.82. The van der Waals surface area contributed by atoms with Crippen LogP contribution in [0.5, 0.6) is 0 Å². The average Bonchev–Trinajstić information content (AvgIpc) is 2.71. The van der Waals surface area contributed by atoms with E-state index < -0.39 is 27.8 Å². The van der Waals surface area contributed by atoms with Crippen LogP contribution >= 0.6 is 0 Å². The van der Waals surface area contributed by atoms with Gasteiger partial charge >= 0.3 is 6.18 Å². The highest BCUT2D eigenvalue weighted by molar-refractivity contribution is 7.88. The zero-order valence-electron chi connectivity index (χ0n) is 13.3. The summed E-state index contributed by atoms with van der Waals surface area (Å²) in [6.45, 7) is 2.35. The maximum atomic E-state index is 12.6. The molecule has 2 rings (SSSR count). The minimum Gasteiger partial charge on any atom is -0.337 e. The fourth-order valence-corrected chi connectivity index (χ4v) is 3.42. The van der Waals surface area contributed by atoms with Crippen LogP contribution in [0.1, 0.15) is 28.2 Å². The molecule has 1 aliphatic heterocycles. The van der Waals surface area contributed by atoms with Crippen molar-refractivity contribution in [2.24, 2.45) is 0 Å². The van der Waals surface area contributed by atoms with Gasteiger partial charge in [-0.05, 0) is 25.5 Å². The first-order valence-electron chi connectivity index (χ1n) is 7.29. The molecule has 1 fully saturated rings. The fraction of sp³-hybridized carbons (Fsp3) is 0.571. The second kappa shape index (κ2) is 6.67. The van der Waals surface area contributed by atoms with E-state index in [4.69, 9.17) is 0 Å². The molecule has 0 spiro atoms. The van der Waals surface area contributed by atoms with E-state index in [1.165, 1.54) is 16.1 Å². The van der Waals surface area contributed by atoms with Crippen LogP contribution < -0.4 is 0 Å². The molecule has 134 valence electrons. The fourth-order valence-electron chi connectivity index (χ4n) is 2.54. The Morgan fingerprint density at radius 3 is 2.38 bits per heavy atom. The largest absolute Gasteiger partial charge is 0.433 e. The third kappa shape index (κ3) is 4.23. The van der Waals surface area contributed by atoms with Gasteiger partial charge in [0.25, 0.3) is 5.91 Å². The van der Waals surface area contributed by atoms with Gasteiger partial charge in [0.15, 0.2) is 0 Å². The molecule has 6 nitrogen and oxygen atoms in total. The van der Waals surface area contributed by atoms with Gasteiger partial charge in [0.1, 0.15) is 5.69 Å². The Hall–Kier alpha value is -1.68. The van der Waals surface area contributed by atoms with Crippen LogP contribution in [0.2, 0.25) is 0 Å². The van der Waals surface area contributed by atoms with Crippen LogP contribution in [-0.4, -0.2) is 60.9 Å². The molecule has 0 aromatic carbocycles. The highest BCUT2D eigenvalue weighted by atomic mass is 32.2. The Morgan fingerprint density at radius 1 is 1.17 bits per heavy atom. The lowest BCUT2D eigenvalue weighted by Crippen LogP contribution is -2.37. The molecule has 1 aliphatic rings. The van der Waals surface area contributed by atoms with Crippen molar-refractivity contribution in [3.8, 4) is 0 Å². The van der Waals surface area contributed by atoms with Gasteiger partial charge in [-0.25, -0.2) is 17.7 Å². The molecule has 1 saturated heterocycles. The lowest BCUT2D eigenvalue weighted by atomic mass is 10.1. The molecule has 0 bridgehead atoms. The first-order chi connectivity index (χ1) is 11.0. The van der Waals surface area contributed by atoms with Crippen molar-refractivity contribution < 1.29 is 26.4 Å². The molecule has 1 amide bonds. The van der Waals surface area contributed by atoms with Crippen molar-refractivity contribution in [3.05, 3.63) is 29.1 Å². The number of sulfonamides is 1. The van der Waals surface area contributed by atoms with E-state index in [9.17, 15) is 26.4 Å². The highest BCUT2D eigenvalue weighted by Crippen LogP contribution is 2.28. The Labute approximate surface area is 138 Å². The Balaban J connectivity index is 2.17. The van der Waals surface area contributed by atoms with Gasteiger partial charge in [-0.2, -0.15) is 13.2 Å². The van der Waals surface area contributed by atoms with E-state index in [1.807, 2.05) is 0 Å². The highest BCUT2D eigenvalue weighted by Gasteiger charge is 2.33. The molecule has 24 heavy (non-hydrogen) atoms. The lowest BCUT2D eigenvalue weighted by Gasteiger charge is -2.22. The molecule has 1 aromatic rings. The van der Waals surface area contributed by atoms with Gasteiger partial charge in [-0.15, -0.1) is 0 Å². The van der Waals surface area contributed by atoms with Crippen LogP contribution in [-0.2, 0) is 16.2 Å². The number of carbonyl (C=O) groups is 1. The van der Waals surface area contributed by atoms with E-state index in [2.05, 4.69) is 4.98 Å². The topological polar surface area (TPSA) is 70.6 Å². The maximum Gasteiger partial charge on any atom is 0.433 e. The number of carbonyl (C=O) groups excluding carboxylic acids is 1. The van der Waals surface area contributed by atoms with E-state index in [-0.39, 0.29) is 24.3 Å². The summed E-state index contributed by atoms with van der Waals surface area (Å²) >= 11 is 0. The number of rotatable bonds is 2. The molecular weight excluding hydrogens is 347 g/mol. The lowest BCUT2D eigenvalue weighted by molar-refractivity contribution is -0.141. The van der Waals surface area contributed by atoms with Crippen molar-refractivity contribution in [3.63, 3.8) is 0 Å². The van der Waals surface area contributed by atoms with Gasteiger partial charge in [0.05, 0.1) is 17.5 Å². The van der Waals surface area contributed by atoms with E-state index in [1.54, 1.807) is 0 Å². The monoisotopic (exact) mass is 365 g/mol. The smallest absolute Gasteiger partial charge is 0.337 e. The average molecular weight is 365 g/mol. The molecule has 2 heterocycles. The second-order valence-corrected chi connectivity index (χ2v) is 7.62. The van der Waals surface area contributed by atoms with Crippen molar-refractivity contribution in [2.45, 2.75) is 19.5 Å². The molecular formula is C14H18F3N3O3S. The number of aryl methyl sites for hydroxylation is 1. The third-order valence-corrected chi connectivity index (χ3v) is 5.12. The van der Waals surface area contributed by atoms with Crippen LogP contribution in [0, 0.1) is 6.92 Å². The van der Waals surface area contributed by atoms with Crippen molar-refractivity contribution in [2.75, 3.05) is 32.4 Å². The second-order valence-electron chi connectivity index (χ2n) is 5.64. The quantitative estimate of drug-likeness (QED) is 0.797. The summed E-state index contributed by atoms with van der Waals surface area (Å²) in [4.78, 5) is 17.4. The molecule has 10 heteroatoms. The zero-order valence-corrected chi connectivity index (χ0v) is 14.1. The minimum atomic E-state index is -4.56. The van der Waals surface area contributed by atoms with Crippen molar-refractivity contribution >= 4 is 15.9 Å². The number of alkyl halides is 3. The molecule has 0 unspecified atom stereocenters. The number of amides is 1. The van der Waals surface area contributed by atoms with Gasteiger partial charge in [-0.3, -0.25) is 4.79 Å². The Morgan fingerprint density at radius 2 is 1.83 bits per heavy atom. The molecule has 0 radical (unpaired) electrons. The summed E-state index contributed by atoms with van der Waals surface area (Å²) < 4.78 is 62.4. The normalized spacial score (nSPS) is 17.6. The zero-order chi connectivity index (χ0) is 18.1. The van der Waals surface area contributed by atoms with Gasteiger partial charge < -0.3 is 4.90 Å². The van der Waals surface area contributed by atoms with Crippen LogP contribution in [0.15, 0.2) is 12.1 Å². The molecule has 0 N–H and O–H groups in total. The van der Waals surface area contributed by atoms with Crippen molar-refractivity contribution in [1.82, 2.24) is 14.2 Å². The Kier molecular flexibility index (Phi) is 5.19. The number of aromatic nitrogens is 1. The number of pyridine rings is 1. The summed E-state index contributed by atoms with van der Waals surface area (Å²) in [5.41, 5.74) is -0.953. The number of halogens is 3. The van der Waals surface area contributed by atoms with Crippen molar-refractivity contribution in [1.29, 1.82) is 0 Å². The van der Waals surface area contributed by atoms with Gasteiger partial charge in [0, 0.05) is 26.2 Å². The summed E-state index contributed by atoms with van der Waals surface area (Å²) in [6.07, 6.45) is -2.99. The predicted molar refractivity (Wildman–Crippen MR) is 80.9 cm³/mol. The number of nitrogens with zero attached hydrogens (tertiary/aromatic N) is 3. The SMILES string of the molecule is Cc1nc(C(F)(F)F)ccc1C(=O)N1CCCN(S(C)(=O)=O)CC1. The standard InChI is InChI=1S/C14H18F3N3O3S/c1-10-11(4-5-12(18-10)14(15,16)17)13(21)19-6-3-7-20(9-8-19)24(2,22)23/h4-5H,3,6-9H2,1-2H3. The minimum absolute atomic E-state index is 0.000888. The number of hydrogen-bond acceptors (Lipinski definition) is 4. The van der Waals surface area contributed by atoms with Crippen LogP contribution in [0.3, 0.4) is 0 Å².